The van der Waals surface area contributed by atoms with Gasteiger partial charge in [0.25, 0.3) is 0 Å². The molecule has 0 rings (SSSR count). The summed E-state index contributed by atoms with van der Waals surface area (Å²) in [6.45, 7) is 7.15. The summed E-state index contributed by atoms with van der Waals surface area (Å²) in [6, 6.07) is 0. The number of hydrogen-bond acceptors (Lipinski definition) is 3. The van der Waals surface area contributed by atoms with Crippen LogP contribution in [0.2, 0.25) is 0 Å². The first kappa shape index (κ1) is 11.0. The number of terminal acetylenes is 1. The molecule has 0 N–H and O–H groups in total. The molecule has 0 heterocycles. The molecule has 0 bridgehead atoms. The van der Waals surface area contributed by atoms with Crippen molar-refractivity contribution < 1.29 is 13.6 Å². The van der Waals surface area contributed by atoms with Crippen molar-refractivity contribution in [2.24, 2.45) is 0 Å². The van der Waals surface area contributed by atoms with E-state index in [-0.39, 0.29) is 0 Å². The first-order chi connectivity index (χ1) is 5.85. The Balaban J connectivity index is 3.55. The highest BCUT2D eigenvalue weighted by atomic mass is 31.2. The topological polar surface area (TPSA) is 27.7 Å². The fourth-order valence-corrected chi connectivity index (χ4v) is 1.04. The van der Waals surface area contributed by atoms with Gasteiger partial charge < -0.3 is 9.05 Å². The normalized spacial score (nSPS) is 8.67. The van der Waals surface area contributed by atoms with Gasteiger partial charge in [0.15, 0.2) is 0 Å². The fraction of sp³-hybridized carbons (Fsp3) is 0.250. The lowest BCUT2D eigenvalue weighted by atomic mass is 10.5. The molecule has 4 heteroatoms. The molecule has 0 radical (unpaired) electrons. The van der Waals surface area contributed by atoms with Gasteiger partial charge in [-0.05, 0) is 0 Å². The molecule has 0 aromatic carbocycles. The second-order valence-electron chi connectivity index (χ2n) is 1.56. The van der Waals surface area contributed by atoms with Gasteiger partial charge in [-0.25, -0.2) is 0 Å². The van der Waals surface area contributed by atoms with E-state index in [1.165, 1.54) is 12.5 Å². The summed E-state index contributed by atoms with van der Waals surface area (Å²) >= 11 is 0. The van der Waals surface area contributed by atoms with Gasteiger partial charge in [-0.3, -0.25) is 4.52 Å². The summed E-state index contributed by atoms with van der Waals surface area (Å²) in [5.74, 6) is 2.43. The van der Waals surface area contributed by atoms with Crippen LogP contribution >= 0.6 is 8.60 Å². The van der Waals surface area contributed by atoms with E-state index in [2.05, 4.69) is 19.1 Å². The summed E-state index contributed by atoms with van der Waals surface area (Å²) in [5, 5.41) is 0. The maximum atomic E-state index is 5.10. The molecule has 0 fully saturated rings. The number of rotatable bonds is 7. The zero-order valence-corrected chi connectivity index (χ0v) is 7.63. The van der Waals surface area contributed by atoms with Crippen molar-refractivity contribution in [3.05, 3.63) is 25.7 Å². The molecule has 0 saturated carbocycles. The van der Waals surface area contributed by atoms with Gasteiger partial charge in [0, 0.05) is 6.42 Å². The molecule has 0 amide bonds. The van der Waals surface area contributed by atoms with E-state index in [0.717, 1.165) is 0 Å². The van der Waals surface area contributed by atoms with Crippen molar-refractivity contribution in [3.8, 4) is 12.3 Å². The minimum Gasteiger partial charge on any atom is -0.426 e. The Morgan fingerprint density at radius 1 is 1.33 bits per heavy atom. The summed E-state index contributed by atoms with van der Waals surface area (Å²) in [6.07, 6.45) is 8.06. The average molecular weight is 186 g/mol. The highest BCUT2D eigenvalue weighted by molar-refractivity contribution is 7.41. The van der Waals surface area contributed by atoms with Gasteiger partial charge in [0.2, 0.25) is 0 Å². The van der Waals surface area contributed by atoms with E-state index < -0.39 is 8.60 Å². The monoisotopic (exact) mass is 186 g/mol. The highest BCUT2D eigenvalue weighted by Gasteiger charge is 2.09. The standard InChI is InChI=1S/C8H11O3P/c1-4-7-8-11-12(9-5-2)10-6-3/h1,5-6H,2-3,7-8H2. The van der Waals surface area contributed by atoms with Crippen LogP contribution < -0.4 is 0 Å². The minimum absolute atomic E-state index is 0.407. The maximum absolute atomic E-state index is 5.10. The molecule has 0 spiro atoms. The summed E-state index contributed by atoms with van der Waals surface area (Å²) < 4.78 is 14.8. The molecule has 0 aliphatic heterocycles. The minimum atomic E-state index is -1.40. The van der Waals surface area contributed by atoms with Crippen molar-refractivity contribution in [3.63, 3.8) is 0 Å². The molecular formula is C8H11O3P. The number of hydrogen-bond donors (Lipinski definition) is 0. The highest BCUT2D eigenvalue weighted by Crippen LogP contribution is 2.39. The summed E-state index contributed by atoms with van der Waals surface area (Å²) in [4.78, 5) is 0. The van der Waals surface area contributed by atoms with Gasteiger partial charge >= 0.3 is 8.60 Å². The van der Waals surface area contributed by atoms with Crippen LogP contribution in [0.15, 0.2) is 25.7 Å². The van der Waals surface area contributed by atoms with E-state index in [1.807, 2.05) is 0 Å². The molecule has 0 aromatic rings. The van der Waals surface area contributed by atoms with E-state index in [0.29, 0.717) is 13.0 Å². The van der Waals surface area contributed by atoms with Crippen molar-refractivity contribution in [1.29, 1.82) is 0 Å². The SMILES string of the molecule is C#CCCOP(OC=C)OC=C. The third-order valence-electron chi connectivity index (χ3n) is 0.764. The van der Waals surface area contributed by atoms with Crippen LogP contribution in [-0.4, -0.2) is 6.61 Å². The lowest BCUT2D eigenvalue weighted by Gasteiger charge is -2.11. The molecule has 0 aliphatic rings. The average Bonchev–Trinajstić information content (AvgIpc) is 2.06. The van der Waals surface area contributed by atoms with Crippen molar-refractivity contribution in [1.82, 2.24) is 0 Å². The van der Waals surface area contributed by atoms with E-state index >= 15 is 0 Å². The third-order valence-corrected chi connectivity index (χ3v) is 1.80. The first-order valence-corrected chi connectivity index (χ1v) is 4.36. The van der Waals surface area contributed by atoms with E-state index in [1.54, 1.807) is 0 Å². The zero-order chi connectivity index (χ0) is 9.23. The second-order valence-corrected chi connectivity index (χ2v) is 2.68. The fourth-order valence-electron chi connectivity index (χ4n) is 0.387. The van der Waals surface area contributed by atoms with Crippen LogP contribution in [0, 0.1) is 12.3 Å². The van der Waals surface area contributed by atoms with Crippen molar-refractivity contribution >= 4 is 8.60 Å². The Kier molecular flexibility index (Phi) is 7.47. The van der Waals surface area contributed by atoms with Gasteiger partial charge in [-0.2, -0.15) is 0 Å². The van der Waals surface area contributed by atoms with Gasteiger partial charge in [-0.1, -0.05) is 13.2 Å². The summed E-state index contributed by atoms with van der Waals surface area (Å²) in [5.41, 5.74) is 0. The van der Waals surface area contributed by atoms with Gasteiger partial charge in [0.05, 0.1) is 19.1 Å². The Labute approximate surface area is 74.0 Å². The van der Waals surface area contributed by atoms with Crippen LogP contribution in [0.5, 0.6) is 0 Å². The Morgan fingerprint density at radius 3 is 2.33 bits per heavy atom. The Hall–Kier alpha value is -0.970. The molecule has 3 nitrogen and oxygen atoms in total. The predicted molar refractivity (Wildman–Crippen MR) is 48.9 cm³/mol. The second kappa shape index (κ2) is 8.13. The lowest BCUT2D eigenvalue weighted by molar-refractivity contribution is 0.240. The molecule has 0 atom stereocenters. The van der Waals surface area contributed by atoms with E-state index in [4.69, 9.17) is 20.0 Å². The first-order valence-electron chi connectivity index (χ1n) is 3.27. The van der Waals surface area contributed by atoms with Crippen LogP contribution in [0.1, 0.15) is 6.42 Å². The molecule has 12 heavy (non-hydrogen) atoms. The molecule has 0 saturated heterocycles. The zero-order valence-electron chi connectivity index (χ0n) is 6.73. The maximum Gasteiger partial charge on any atom is 0.461 e. The van der Waals surface area contributed by atoms with Crippen molar-refractivity contribution in [2.75, 3.05) is 6.61 Å². The van der Waals surface area contributed by atoms with Gasteiger partial charge in [-0.15, -0.1) is 12.3 Å². The van der Waals surface area contributed by atoms with Crippen LogP contribution in [0.4, 0.5) is 0 Å². The predicted octanol–water partition coefficient (Wildman–Crippen LogP) is 2.57. The lowest BCUT2D eigenvalue weighted by Crippen LogP contribution is -1.90. The third kappa shape index (κ3) is 5.79. The Morgan fingerprint density at radius 2 is 1.92 bits per heavy atom. The van der Waals surface area contributed by atoms with Crippen LogP contribution in [0.25, 0.3) is 0 Å². The quantitative estimate of drug-likeness (QED) is 0.264. The molecule has 0 aliphatic carbocycles. The smallest absolute Gasteiger partial charge is 0.426 e. The molecule has 66 valence electrons. The van der Waals surface area contributed by atoms with Crippen LogP contribution in [0.3, 0.4) is 0 Å². The molecule has 0 aromatic heterocycles. The van der Waals surface area contributed by atoms with Gasteiger partial charge in [0.1, 0.15) is 0 Å². The van der Waals surface area contributed by atoms with E-state index in [9.17, 15) is 0 Å². The molecular weight excluding hydrogens is 175 g/mol. The largest absolute Gasteiger partial charge is 0.461 e. The summed E-state index contributed by atoms with van der Waals surface area (Å²) in [7, 11) is -1.40. The van der Waals surface area contributed by atoms with Crippen LogP contribution in [-0.2, 0) is 13.6 Å². The van der Waals surface area contributed by atoms with Crippen molar-refractivity contribution in [2.45, 2.75) is 6.42 Å². The molecule has 0 unspecified atom stereocenters. The Bertz CT molecular complexity index is 164.